The first-order valence-electron chi connectivity index (χ1n) is 6.98. The lowest BCUT2D eigenvalue weighted by atomic mass is 10.1. The number of fused-ring (bicyclic) bond motifs is 1. The van der Waals surface area contributed by atoms with Crippen LogP contribution in [0, 0.1) is 0 Å². The summed E-state index contributed by atoms with van der Waals surface area (Å²) < 4.78 is 16.3. The van der Waals surface area contributed by atoms with Gasteiger partial charge in [0.05, 0.1) is 12.3 Å². The Labute approximate surface area is 141 Å². The van der Waals surface area contributed by atoms with Crippen molar-refractivity contribution in [2.45, 2.75) is 13.8 Å². The van der Waals surface area contributed by atoms with Crippen molar-refractivity contribution in [3.8, 4) is 11.5 Å². The molecule has 120 valence electrons. The molecular weight excluding hydrogens is 366 g/mol. The zero-order valence-corrected chi connectivity index (χ0v) is 14.1. The lowest BCUT2D eigenvalue weighted by Gasteiger charge is -2.04. The molecule has 7 heteroatoms. The van der Waals surface area contributed by atoms with Crippen LogP contribution >= 0.6 is 15.9 Å². The lowest BCUT2D eigenvalue weighted by molar-refractivity contribution is -0.138. The van der Waals surface area contributed by atoms with Crippen molar-refractivity contribution in [3.05, 3.63) is 39.2 Å². The van der Waals surface area contributed by atoms with E-state index in [2.05, 4.69) is 20.9 Å². The smallest absolute Gasteiger partial charge is 0.343 e. The molecule has 0 saturated carbocycles. The minimum Gasteiger partial charge on any atom is -0.505 e. The first-order chi connectivity index (χ1) is 11.0. The third kappa shape index (κ3) is 2.84. The van der Waals surface area contributed by atoms with Gasteiger partial charge in [0.1, 0.15) is 11.3 Å². The highest BCUT2D eigenvalue weighted by Crippen LogP contribution is 2.38. The highest BCUT2D eigenvalue weighted by atomic mass is 79.9. The van der Waals surface area contributed by atoms with Crippen LogP contribution in [0.4, 0.5) is 0 Å². The van der Waals surface area contributed by atoms with Gasteiger partial charge < -0.3 is 19.3 Å². The van der Waals surface area contributed by atoms with Gasteiger partial charge in [0.2, 0.25) is 6.79 Å². The third-order valence-corrected chi connectivity index (χ3v) is 4.08. The molecule has 0 radical (unpaired) electrons. The van der Waals surface area contributed by atoms with E-state index in [9.17, 15) is 9.90 Å². The minimum atomic E-state index is -0.584. The van der Waals surface area contributed by atoms with Crippen LogP contribution in [-0.4, -0.2) is 30.2 Å². The van der Waals surface area contributed by atoms with E-state index < -0.39 is 5.97 Å². The maximum atomic E-state index is 11.9. The Morgan fingerprint density at radius 3 is 2.83 bits per heavy atom. The van der Waals surface area contributed by atoms with Gasteiger partial charge in [-0.25, -0.2) is 9.79 Å². The summed E-state index contributed by atoms with van der Waals surface area (Å²) in [5.74, 6) is 0.495. The Kier molecular flexibility index (Phi) is 4.12. The van der Waals surface area contributed by atoms with Crippen molar-refractivity contribution in [2.75, 3.05) is 13.4 Å². The van der Waals surface area contributed by atoms with Gasteiger partial charge in [-0.05, 0) is 37.6 Å². The summed E-state index contributed by atoms with van der Waals surface area (Å²) in [5.41, 5.74) is 1.56. The predicted octanol–water partition coefficient (Wildman–Crippen LogP) is 3.37. The number of rotatable bonds is 3. The number of ether oxygens (including phenoxy) is 3. The molecule has 0 bridgehead atoms. The molecule has 2 heterocycles. The number of nitrogens with zero attached hydrogens (tertiary/aromatic N) is 1. The first kappa shape index (κ1) is 15.6. The van der Waals surface area contributed by atoms with Crippen LogP contribution in [0.1, 0.15) is 19.4 Å². The van der Waals surface area contributed by atoms with Gasteiger partial charge in [-0.2, -0.15) is 0 Å². The molecule has 3 rings (SSSR count). The molecule has 23 heavy (non-hydrogen) atoms. The average Bonchev–Trinajstić information content (AvgIpc) is 3.04. The van der Waals surface area contributed by atoms with Crippen LogP contribution in [0.3, 0.4) is 0 Å². The molecule has 1 aromatic rings. The van der Waals surface area contributed by atoms with Crippen molar-refractivity contribution in [2.24, 2.45) is 4.99 Å². The number of hydrogen-bond acceptors (Lipinski definition) is 6. The second-order valence-electron chi connectivity index (χ2n) is 4.90. The Morgan fingerprint density at radius 1 is 1.43 bits per heavy atom. The molecular formula is C16H14BrNO5. The SMILES string of the molecule is CCOC(=O)C1=C(O)C(=Cc2cc3c(cc2Br)OCO3)N=C1C. The minimum absolute atomic E-state index is 0.0926. The van der Waals surface area contributed by atoms with Gasteiger partial charge >= 0.3 is 5.97 Å². The van der Waals surface area contributed by atoms with Crippen molar-refractivity contribution in [1.82, 2.24) is 0 Å². The Bertz CT molecular complexity index is 779. The number of carbonyl (C=O) groups excluding carboxylic acids is 1. The molecule has 1 aromatic carbocycles. The van der Waals surface area contributed by atoms with Crippen molar-refractivity contribution >= 4 is 33.7 Å². The quantitative estimate of drug-likeness (QED) is 0.814. The zero-order valence-electron chi connectivity index (χ0n) is 12.6. The van der Waals surface area contributed by atoms with Gasteiger partial charge in [0, 0.05) is 4.47 Å². The third-order valence-electron chi connectivity index (χ3n) is 3.39. The fourth-order valence-corrected chi connectivity index (χ4v) is 2.76. The number of benzene rings is 1. The Hall–Kier alpha value is -2.28. The van der Waals surface area contributed by atoms with E-state index in [-0.39, 0.29) is 24.7 Å². The van der Waals surface area contributed by atoms with Gasteiger partial charge in [-0.15, -0.1) is 0 Å². The first-order valence-corrected chi connectivity index (χ1v) is 7.77. The number of esters is 1. The second-order valence-corrected chi connectivity index (χ2v) is 5.75. The number of aliphatic imine (C=N–C) groups is 1. The molecule has 0 saturated heterocycles. The maximum absolute atomic E-state index is 11.9. The topological polar surface area (TPSA) is 77.4 Å². The fraction of sp³-hybridized carbons (Fsp3) is 0.250. The molecule has 0 aliphatic carbocycles. The van der Waals surface area contributed by atoms with Crippen LogP contribution in [0.2, 0.25) is 0 Å². The van der Waals surface area contributed by atoms with Crippen LogP contribution in [-0.2, 0) is 9.53 Å². The van der Waals surface area contributed by atoms with E-state index in [1.807, 2.05) is 0 Å². The summed E-state index contributed by atoms with van der Waals surface area (Å²) in [7, 11) is 0. The monoisotopic (exact) mass is 379 g/mol. The number of aliphatic hydroxyl groups is 1. The number of hydrogen-bond donors (Lipinski definition) is 1. The summed E-state index contributed by atoms with van der Waals surface area (Å²) in [6.07, 6.45) is 1.66. The van der Waals surface area contributed by atoms with Crippen molar-refractivity contribution < 1.29 is 24.1 Å². The largest absolute Gasteiger partial charge is 0.505 e. The zero-order chi connectivity index (χ0) is 16.6. The molecule has 0 amide bonds. The van der Waals surface area contributed by atoms with Crippen LogP contribution in [0.5, 0.6) is 11.5 Å². The summed E-state index contributed by atoms with van der Waals surface area (Å²) in [6.45, 7) is 3.77. The molecule has 6 nitrogen and oxygen atoms in total. The molecule has 0 atom stereocenters. The van der Waals surface area contributed by atoms with Crippen molar-refractivity contribution in [1.29, 1.82) is 0 Å². The van der Waals surface area contributed by atoms with E-state index in [0.29, 0.717) is 22.9 Å². The standard InChI is InChI=1S/C16H14BrNO5/c1-3-21-16(20)14-8(2)18-11(15(14)19)4-9-5-12-13(6-10(9)17)23-7-22-12/h4-6,19H,3,7H2,1-2H3. The number of carbonyl (C=O) groups is 1. The molecule has 0 aromatic heterocycles. The van der Waals surface area contributed by atoms with Crippen LogP contribution in [0.15, 0.2) is 38.6 Å². The van der Waals surface area contributed by atoms with Crippen LogP contribution in [0.25, 0.3) is 6.08 Å². The normalized spacial score (nSPS) is 17.7. The summed E-state index contributed by atoms with van der Waals surface area (Å²) >= 11 is 3.44. The van der Waals surface area contributed by atoms with E-state index in [1.54, 1.807) is 32.1 Å². The molecule has 0 spiro atoms. The predicted molar refractivity (Wildman–Crippen MR) is 87.6 cm³/mol. The lowest BCUT2D eigenvalue weighted by Crippen LogP contribution is -2.13. The van der Waals surface area contributed by atoms with E-state index in [4.69, 9.17) is 14.2 Å². The Balaban J connectivity index is 2.00. The number of aliphatic hydroxyl groups excluding tert-OH is 1. The van der Waals surface area contributed by atoms with Crippen molar-refractivity contribution in [3.63, 3.8) is 0 Å². The molecule has 1 N–H and O–H groups in total. The molecule has 0 fully saturated rings. The summed E-state index contributed by atoms with van der Waals surface area (Å²) in [5, 5.41) is 10.3. The molecule has 0 unspecified atom stereocenters. The summed E-state index contributed by atoms with van der Waals surface area (Å²) in [6, 6.07) is 3.56. The highest BCUT2D eigenvalue weighted by molar-refractivity contribution is 9.10. The highest BCUT2D eigenvalue weighted by Gasteiger charge is 2.28. The second kappa shape index (κ2) is 6.08. The van der Waals surface area contributed by atoms with Gasteiger partial charge in [-0.3, -0.25) is 0 Å². The fourth-order valence-electron chi connectivity index (χ4n) is 2.33. The van der Waals surface area contributed by atoms with Crippen LogP contribution < -0.4 is 9.47 Å². The van der Waals surface area contributed by atoms with E-state index in [1.165, 1.54) is 0 Å². The van der Waals surface area contributed by atoms with E-state index >= 15 is 0 Å². The van der Waals surface area contributed by atoms with E-state index in [0.717, 1.165) is 10.0 Å². The average molecular weight is 380 g/mol. The van der Waals surface area contributed by atoms with Gasteiger partial charge in [0.25, 0.3) is 0 Å². The Morgan fingerprint density at radius 2 is 2.13 bits per heavy atom. The number of halogens is 1. The maximum Gasteiger partial charge on any atom is 0.343 e. The van der Waals surface area contributed by atoms with Gasteiger partial charge in [0.15, 0.2) is 17.3 Å². The summed E-state index contributed by atoms with van der Waals surface area (Å²) in [4.78, 5) is 16.1. The van der Waals surface area contributed by atoms with Gasteiger partial charge in [-0.1, -0.05) is 15.9 Å². The molecule has 2 aliphatic heterocycles. The molecule has 2 aliphatic rings.